The maximum absolute atomic E-state index is 13.7. The fourth-order valence-electron chi connectivity index (χ4n) is 1.52. The van der Waals surface area contributed by atoms with Gasteiger partial charge in [0, 0.05) is 12.1 Å². The topological polar surface area (TPSA) is 38.3 Å². The van der Waals surface area contributed by atoms with Gasteiger partial charge in [-0.3, -0.25) is 5.32 Å². The van der Waals surface area contributed by atoms with Crippen LogP contribution in [0.3, 0.4) is 0 Å². The normalized spacial score (nSPS) is 11.9. The Kier molecular flexibility index (Phi) is 4.84. The lowest BCUT2D eigenvalue weighted by atomic mass is 10.0. The maximum atomic E-state index is 13.7. The van der Waals surface area contributed by atoms with Crippen molar-refractivity contribution >= 4 is 5.97 Å². The second-order valence-electron chi connectivity index (χ2n) is 3.68. The van der Waals surface area contributed by atoms with Gasteiger partial charge in [0.1, 0.15) is 11.9 Å². The largest absolute Gasteiger partial charge is 0.468 e. The molecule has 0 saturated carbocycles. The van der Waals surface area contributed by atoms with Crippen molar-refractivity contribution in [2.45, 2.75) is 13.0 Å². The lowest BCUT2D eigenvalue weighted by Gasteiger charge is -2.17. The van der Waals surface area contributed by atoms with Crippen molar-refractivity contribution in [3.05, 3.63) is 47.8 Å². The van der Waals surface area contributed by atoms with Crippen LogP contribution in [0.1, 0.15) is 17.2 Å². The van der Waals surface area contributed by atoms with Gasteiger partial charge < -0.3 is 4.74 Å². The van der Waals surface area contributed by atoms with E-state index in [0.717, 1.165) is 5.56 Å². The smallest absolute Gasteiger partial charge is 0.327 e. The summed E-state index contributed by atoms with van der Waals surface area (Å²) in [6, 6.07) is 3.82. The highest BCUT2D eigenvalue weighted by molar-refractivity contribution is 5.77. The summed E-state index contributed by atoms with van der Waals surface area (Å²) in [5, 5.41) is 2.87. The van der Waals surface area contributed by atoms with E-state index < -0.39 is 17.8 Å². The highest BCUT2D eigenvalue weighted by Crippen LogP contribution is 2.19. The number of aryl methyl sites for hydroxylation is 1. The first-order valence-corrected chi connectivity index (χ1v) is 5.28. The van der Waals surface area contributed by atoms with E-state index in [4.69, 9.17) is 0 Å². The molecule has 0 aliphatic heterocycles. The summed E-state index contributed by atoms with van der Waals surface area (Å²) in [5.41, 5.74) is 1.18. The van der Waals surface area contributed by atoms with Crippen molar-refractivity contribution in [2.24, 2.45) is 0 Å². The molecule has 0 bridgehead atoms. The van der Waals surface area contributed by atoms with E-state index >= 15 is 0 Å². The molecule has 3 nitrogen and oxygen atoms in total. The van der Waals surface area contributed by atoms with Crippen LogP contribution in [-0.2, 0) is 9.53 Å². The molecule has 0 amide bonds. The van der Waals surface area contributed by atoms with E-state index in [9.17, 15) is 9.18 Å². The van der Waals surface area contributed by atoms with Crippen LogP contribution in [0.4, 0.5) is 4.39 Å². The van der Waals surface area contributed by atoms with Crippen LogP contribution in [0.5, 0.6) is 0 Å². The van der Waals surface area contributed by atoms with Gasteiger partial charge in [-0.2, -0.15) is 0 Å². The second kappa shape index (κ2) is 6.15. The molecule has 92 valence electrons. The standard InChI is InChI=1S/C13H16FNO2/c1-4-7-15-12(13(16)17-3)10-8-9(2)5-6-11(10)14/h4-6,8,12,15H,1,7H2,2-3H3. The lowest BCUT2D eigenvalue weighted by Crippen LogP contribution is -2.30. The molecule has 1 atom stereocenters. The number of halogens is 1. The predicted octanol–water partition coefficient (Wildman–Crippen LogP) is 2.12. The Morgan fingerprint density at radius 3 is 2.94 bits per heavy atom. The minimum Gasteiger partial charge on any atom is -0.468 e. The zero-order chi connectivity index (χ0) is 12.8. The Balaban J connectivity index is 3.06. The molecule has 0 aliphatic rings. The molecule has 0 aromatic heterocycles. The van der Waals surface area contributed by atoms with Gasteiger partial charge in [0.2, 0.25) is 0 Å². The second-order valence-corrected chi connectivity index (χ2v) is 3.68. The predicted molar refractivity (Wildman–Crippen MR) is 64.1 cm³/mol. The van der Waals surface area contributed by atoms with Crippen LogP contribution in [0, 0.1) is 12.7 Å². The molecule has 4 heteroatoms. The molecule has 0 saturated heterocycles. The Bertz CT molecular complexity index is 418. The number of hydrogen-bond acceptors (Lipinski definition) is 3. The van der Waals surface area contributed by atoms with Crippen LogP contribution in [0.2, 0.25) is 0 Å². The van der Waals surface area contributed by atoms with E-state index in [1.54, 1.807) is 18.2 Å². The molecule has 0 aliphatic carbocycles. The van der Waals surface area contributed by atoms with Crippen molar-refractivity contribution in [1.29, 1.82) is 0 Å². The number of benzene rings is 1. The Morgan fingerprint density at radius 2 is 2.35 bits per heavy atom. The van der Waals surface area contributed by atoms with Crippen molar-refractivity contribution in [1.82, 2.24) is 5.32 Å². The SMILES string of the molecule is C=CCNC(C(=O)OC)c1cc(C)ccc1F. The quantitative estimate of drug-likeness (QED) is 0.629. The molecule has 1 aromatic rings. The lowest BCUT2D eigenvalue weighted by molar-refractivity contribution is -0.143. The number of carbonyl (C=O) groups excluding carboxylic acids is 1. The third-order valence-corrected chi connectivity index (χ3v) is 2.37. The van der Waals surface area contributed by atoms with Crippen LogP contribution in [-0.4, -0.2) is 19.6 Å². The number of methoxy groups -OCH3 is 1. The molecule has 0 heterocycles. The minimum atomic E-state index is -0.807. The average molecular weight is 237 g/mol. The summed E-state index contributed by atoms with van der Waals surface area (Å²) in [7, 11) is 1.28. The number of carbonyl (C=O) groups is 1. The fourth-order valence-corrected chi connectivity index (χ4v) is 1.52. The van der Waals surface area contributed by atoms with E-state index in [-0.39, 0.29) is 0 Å². The molecule has 0 spiro atoms. The highest BCUT2D eigenvalue weighted by Gasteiger charge is 2.23. The average Bonchev–Trinajstić information content (AvgIpc) is 2.33. The molecule has 1 unspecified atom stereocenters. The third kappa shape index (κ3) is 3.39. The zero-order valence-electron chi connectivity index (χ0n) is 10.00. The van der Waals surface area contributed by atoms with Crippen LogP contribution in [0.15, 0.2) is 30.9 Å². The highest BCUT2D eigenvalue weighted by atomic mass is 19.1. The van der Waals surface area contributed by atoms with Gasteiger partial charge >= 0.3 is 5.97 Å². The van der Waals surface area contributed by atoms with Crippen LogP contribution in [0.25, 0.3) is 0 Å². The summed E-state index contributed by atoms with van der Waals surface area (Å²) in [5.74, 6) is -0.945. The number of esters is 1. The molecule has 0 fully saturated rings. The zero-order valence-corrected chi connectivity index (χ0v) is 10.00. The molecular weight excluding hydrogens is 221 g/mol. The summed E-state index contributed by atoms with van der Waals surface area (Å²) in [6.45, 7) is 5.78. The minimum absolute atomic E-state index is 0.290. The van der Waals surface area contributed by atoms with Crippen molar-refractivity contribution < 1.29 is 13.9 Å². The first-order chi connectivity index (χ1) is 8.10. The molecule has 1 aromatic carbocycles. The molecule has 0 radical (unpaired) electrons. The summed E-state index contributed by atoms with van der Waals surface area (Å²) < 4.78 is 18.3. The molecule has 1 rings (SSSR count). The number of rotatable bonds is 5. The van der Waals surface area contributed by atoms with Gasteiger partial charge in [-0.05, 0) is 13.0 Å². The number of ether oxygens (including phenoxy) is 1. The fraction of sp³-hybridized carbons (Fsp3) is 0.308. The number of hydrogen-bond donors (Lipinski definition) is 1. The van der Waals surface area contributed by atoms with Crippen molar-refractivity contribution in [2.75, 3.05) is 13.7 Å². The van der Waals surface area contributed by atoms with Gasteiger partial charge in [0.05, 0.1) is 7.11 Å². The van der Waals surface area contributed by atoms with Gasteiger partial charge in [-0.1, -0.05) is 23.8 Å². The third-order valence-electron chi connectivity index (χ3n) is 2.37. The summed E-state index contributed by atoms with van der Waals surface area (Å²) in [6.07, 6.45) is 1.60. The van der Waals surface area contributed by atoms with E-state index in [1.807, 2.05) is 6.92 Å². The maximum Gasteiger partial charge on any atom is 0.327 e. The van der Waals surface area contributed by atoms with Crippen molar-refractivity contribution in [3.8, 4) is 0 Å². The Hall–Kier alpha value is -1.68. The van der Waals surface area contributed by atoms with Gasteiger partial charge in [0.15, 0.2) is 0 Å². The van der Waals surface area contributed by atoms with E-state index in [2.05, 4.69) is 16.6 Å². The first-order valence-electron chi connectivity index (χ1n) is 5.28. The van der Waals surface area contributed by atoms with Gasteiger partial charge in [-0.25, -0.2) is 9.18 Å². The number of nitrogens with one attached hydrogen (secondary N) is 1. The summed E-state index contributed by atoms with van der Waals surface area (Å²) >= 11 is 0. The summed E-state index contributed by atoms with van der Waals surface area (Å²) in [4.78, 5) is 11.6. The Morgan fingerprint density at radius 1 is 1.65 bits per heavy atom. The molecule has 17 heavy (non-hydrogen) atoms. The molecular formula is C13H16FNO2. The van der Waals surface area contributed by atoms with Crippen molar-refractivity contribution in [3.63, 3.8) is 0 Å². The van der Waals surface area contributed by atoms with E-state index in [1.165, 1.54) is 13.2 Å². The first kappa shape index (κ1) is 13.4. The van der Waals surface area contributed by atoms with Gasteiger partial charge in [-0.15, -0.1) is 6.58 Å². The van der Waals surface area contributed by atoms with Crippen LogP contribution >= 0.6 is 0 Å². The van der Waals surface area contributed by atoms with Gasteiger partial charge in [0.25, 0.3) is 0 Å². The van der Waals surface area contributed by atoms with Crippen LogP contribution < -0.4 is 5.32 Å². The monoisotopic (exact) mass is 237 g/mol. The van der Waals surface area contributed by atoms with E-state index in [0.29, 0.717) is 12.1 Å². The molecule has 1 N–H and O–H groups in total. The Labute approximate surface area is 100 Å².